The highest BCUT2D eigenvalue weighted by atomic mass is 32.2. The predicted molar refractivity (Wildman–Crippen MR) is 61.2 cm³/mol. The van der Waals surface area contributed by atoms with Crippen LogP contribution in [0.3, 0.4) is 0 Å². The number of rotatable bonds is 4. The quantitative estimate of drug-likeness (QED) is 0.747. The third-order valence-electron chi connectivity index (χ3n) is 2.90. The Balaban J connectivity index is 2.25. The first-order valence-electron chi connectivity index (χ1n) is 5.21. The fraction of sp³-hybridized carbons (Fsp3) is 1.00. The summed E-state index contributed by atoms with van der Waals surface area (Å²) in [5.41, 5.74) is 5.93. The SMILES string of the molecule is CSCCN1CCCC(C(C)N)C1. The fourth-order valence-corrected chi connectivity index (χ4v) is 2.38. The Morgan fingerprint density at radius 2 is 2.38 bits per heavy atom. The fourth-order valence-electron chi connectivity index (χ4n) is 1.94. The van der Waals surface area contributed by atoms with Gasteiger partial charge in [0.15, 0.2) is 0 Å². The minimum Gasteiger partial charge on any atom is -0.328 e. The van der Waals surface area contributed by atoms with Crippen LogP contribution in [0.2, 0.25) is 0 Å². The molecular formula is C10H22N2S. The van der Waals surface area contributed by atoms with E-state index < -0.39 is 0 Å². The van der Waals surface area contributed by atoms with Gasteiger partial charge in [-0.05, 0) is 38.5 Å². The van der Waals surface area contributed by atoms with Crippen LogP contribution in [0.4, 0.5) is 0 Å². The summed E-state index contributed by atoms with van der Waals surface area (Å²) in [6.07, 6.45) is 4.83. The number of nitrogens with zero attached hydrogens (tertiary/aromatic N) is 1. The van der Waals surface area contributed by atoms with E-state index in [4.69, 9.17) is 5.73 Å². The molecule has 13 heavy (non-hydrogen) atoms. The Hall–Kier alpha value is 0.270. The van der Waals surface area contributed by atoms with E-state index in [-0.39, 0.29) is 0 Å². The molecule has 1 fully saturated rings. The summed E-state index contributed by atoms with van der Waals surface area (Å²) in [6.45, 7) is 5.88. The second-order valence-corrected chi connectivity index (χ2v) is 5.04. The molecule has 0 radical (unpaired) electrons. The number of nitrogens with two attached hydrogens (primary N) is 1. The topological polar surface area (TPSA) is 29.3 Å². The van der Waals surface area contributed by atoms with E-state index in [9.17, 15) is 0 Å². The molecule has 0 bridgehead atoms. The molecule has 1 aliphatic rings. The summed E-state index contributed by atoms with van der Waals surface area (Å²) < 4.78 is 0. The molecule has 3 heteroatoms. The van der Waals surface area contributed by atoms with Crippen LogP contribution in [0.15, 0.2) is 0 Å². The predicted octanol–water partition coefficient (Wildman–Crippen LogP) is 1.41. The smallest absolute Gasteiger partial charge is 0.00724 e. The third-order valence-corrected chi connectivity index (χ3v) is 3.49. The van der Waals surface area contributed by atoms with Crippen molar-refractivity contribution in [3.05, 3.63) is 0 Å². The van der Waals surface area contributed by atoms with E-state index in [1.165, 1.54) is 38.2 Å². The van der Waals surface area contributed by atoms with Crippen molar-refractivity contribution in [2.45, 2.75) is 25.8 Å². The van der Waals surface area contributed by atoms with Crippen LogP contribution < -0.4 is 5.73 Å². The van der Waals surface area contributed by atoms with Crippen molar-refractivity contribution in [3.8, 4) is 0 Å². The normalized spacial score (nSPS) is 27.5. The Labute approximate surface area is 86.2 Å². The first kappa shape index (κ1) is 11.3. The molecule has 1 rings (SSSR count). The van der Waals surface area contributed by atoms with E-state index >= 15 is 0 Å². The lowest BCUT2D eigenvalue weighted by atomic mass is 9.92. The van der Waals surface area contributed by atoms with Crippen LogP contribution in [0, 0.1) is 5.92 Å². The molecule has 0 saturated carbocycles. The molecule has 1 heterocycles. The standard InChI is InChI=1S/C10H22N2S/c1-9(11)10-4-3-5-12(8-10)6-7-13-2/h9-10H,3-8,11H2,1-2H3. The van der Waals surface area contributed by atoms with Gasteiger partial charge in [-0.3, -0.25) is 0 Å². The summed E-state index contributed by atoms with van der Waals surface area (Å²) >= 11 is 1.93. The summed E-state index contributed by atoms with van der Waals surface area (Å²) in [4.78, 5) is 2.56. The number of hydrogen-bond acceptors (Lipinski definition) is 3. The minimum absolute atomic E-state index is 0.372. The van der Waals surface area contributed by atoms with E-state index in [2.05, 4.69) is 18.1 Å². The number of hydrogen-bond donors (Lipinski definition) is 1. The Morgan fingerprint density at radius 3 is 3.00 bits per heavy atom. The van der Waals surface area contributed by atoms with Crippen LogP contribution in [-0.4, -0.2) is 42.6 Å². The van der Waals surface area contributed by atoms with Crippen molar-refractivity contribution in [1.82, 2.24) is 4.90 Å². The van der Waals surface area contributed by atoms with Crippen molar-refractivity contribution in [2.75, 3.05) is 31.6 Å². The minimum atomic E-state index is 0.372. The largest absolute Gasteiger partial charge is 0.328 e. The van der Waals surface area contributed by atoms with Crippen molar-refractivity contribution < 1.29 is 0 Å². The van der Waals surface area contributed by atoms with Crippen LogP contribution in [0.5, 0.6) is 0 Å². The second kappa shape index (κ2) is 5.89. The zero-order valence-electron chi connectivity index (χ0n) is 8.83. The highest BCUT2D eigenvalue weighted by Gasteiger charge is 2.21. The van der Waals surface area contributed by atoms with Crippen LogP contribution in [0.1, 0.15) is 19.8 Å². The summed E-state index contributed by atoms with van der Waals surface area (Å²) in [5.74, 6) is 1.99. The molecule has 0 aromatic rings. The lowest BCUT2D eigenvalue weighted by Gasteiger charge is -2.34. The van der Waals surface area contributed by atoms with Gasteiger partial charge >= 0.3 is 0 Å². The molecule has 0 aliphatic carbocycles. The summed E-state index contributed by atoms with van der Waals surface area (Å²) in [5, 5.41) is 0. The van der Waals surface area contributed by atoms with Gasteiger partial charge in [0.05, 0.1) is 0 Å². The maximum absolute atomic E-state index is 5.93. The van der Waals surface area contributed by atoms with Gasteiger partial charge in [0, 0.05) is 24.9 Å². The van der Waals surface area contributed by atoms with Gasteiger partial charge in [-0.25, -0.2) is 0 Å². The van der Waals surface area contributed by atoms with Gasteiger partial charge in [-0.1, -0.05) is 0 Å². The van der Waals surface area contributed by atoms with Crippen LogP contribution in [0.25, 0.3) is 0 Å². The van der Waals surface area contributed by atoms with Gasteiger partial charge < -0.3 is 10.6 Å². The highest BCUT2D eigenvalue weighted by Crippen LogP contribution is 2.18. The van der Waals surface area contributed by atoms with Crippen molar-refractivity contribution in [2.24, 2.45) is 11.7 Å². The first-order valence-corrected chi connectivity index (χ1v) is 6.60. The Bertz CT molecular complexity index is 139. The average molecular weight is 202 g/mol. The number of piperidine rings is 1. The van der Waals surface area contributed by atoms with Crippen molar-refractivity contribution in [1.29, 1.82) is 0 Å². The molecule has 2 unspecified atom stereocenters. The van der Waals surface area contributed by atoms with Gasteiger partial charge in [-0.2, -0.15) is 11.8 Å². The molecule has 0 aromatic heterocycles. The summed E-state index contributed by atoms with van der Waals surface area (Å²) in [7, 11) is 0. The maximum atomic E-state index is 5.93. The molecule has 78 valence electrons. The van der Waals surface area contributed by atoms with Gasteiger partial charge in [-0.15, -0.1) is 0 Å². The van der Waals surface area contributed by atoms with Crippen LogP contribution in [-0.2, 0) is 0 Å². The monoisotopic (exact) mass is 202 g/mol. The lowest BCUT2D eigenvalue weighted by molar-refractivity contribution is 0.169. The molecule has 1 saturated heterocycles. The molecule has 1 aliphatic heterocycles. The van der Waals surface area contributed by atoms with E-state index in [1.54, 1.807) is 0 Å². The second-order valence-electron chi connectivity index (χ2n) is 4.05. The zero-order valence-corrected chi connectivity index (χ0v) is 9.65. The molecule has 0 amide bonds. The van der Waals surface area contributed by atoms with Gasteiger partial charge in [0.2, 0.25) is 0 Å². The molecule has 2 N–H and O–H groups in total. The Morgan fingerprint density at radius 1 is 1.62 bits per heavy atom. The highest BCUT2D eigenvalue weighted by molar-refractivity contribution is 7.98. The first-order chi connectivity index (χ1) is 6.24. The van der Waals surface area contributed by atoms with E-state index in [0.717, 1.165) is 5.92 Å². The van der Waals surface area contributed by atoms with Crippen molar-refractivity contribution >= 4 is 11.8 Å². The Kier molecular flexibility index (Phi) is 5.14. The average Bonchev–Trinajstić information content (AvgIpc) is 2.15. The van der Waals surface area contributed by atoms with Gasteiger partial charge in [0.1, 0.15) is 0 Å². The van der Waals surface area contributed by atoms with Crippen LogP contribution >= 0.6 is 11.8 Å². The van der Waals surface area contributed by atoms with Crippen molar-refractivity contribution in [3.63, 3.8) is 0 Å². The molecule has 2 atom stereocenters. The molecule has 0 aromatic carbocycles. The number of thioether (sulfide) groups is 1. The number of likely N-dealkylation sites (tertiary alicyclic amines) is 1. The lowest BCUT2D eigenvalue weighted by Crippen LogP contribution is -2.43. The maximum Gasteiger partial charge on any atom is 0.00724 e. The summed E-state index contributed by atoms with van der Waals surface area (Å²) in [6, 6.07) is 0.372. The third kappa shape index (κ3) is 3.88. The molecule has 0 spiro atoms. The van der Waals surface area contributed by atoms with E-state index in [0.29, 0.717) is 6.04 Å². The van der Waals surface area contributed by atoms with E-state index in [1.807, 2.05) is 11.8 Å². The zero-order chi connectivity index (χ0) is 9.68. The molecular weight excluding hydrogens is 180 g/mol. The van der Waals surface area contributed by atoms with Gasteiger partial charge in [0.25, 0.3) is 0 Å². The molecule has 2 nitrogen and oxygen atoms in total.